The Bertz CT molecular complexity index is 314. The van der Waals surface area contributed by atoms with Gasteiger partial charge < -0.3 is 5.32 Å². The Hall–Kier alpha value is -1.72. The normalized spacial score (nSPS) is 10.2. The van der Waals surface area contributed by atoms with Gasteiger partial charge in [-0.25, -0.2) is 8.78 Å². The number of halogens is 2. The zero-order valence-corrected chi connectivity index (χ0v) is 7.11. The van der Waals surface area contributed by atoms with Gasteiger partial charge in [0, 0.05) is 17.8 Å². The van der Waals surface area contributed by atoms with E-state index in [9.17, 15) is 18.9 Å². The first-order chi connectivity index (χ1) is 6.59. The molecule has 0 heterocycles. The number of hydrogen-bond donors (Lipinski definition) is 1. The van der Waals surface area contributed by atoms with Crippen molar-refractivity contribution in [2.24, 2.45) is 0 Å². The van der Waals surface area contributed by atoms with Crippen LogP contribution in [0.1, 0.15) is 0 Å². The molecule has 0 saturated carbocycles. The van der Waals surface area contributed by atoms with E-state index in [0.29, 0.717) is 5.69 Å². The molecule has 1 aromatic rings. The molecule has 6 heteroatoms. The van der Waals surface area contributed by atoms with Crippen LogP contribution in [0.4, 0.5) is 20.2 Å². The van der Waals surface area contributed by atoms with E-state index in [2.05, 4.69) is 5.32 Å². The van der Waals surface area contributed by atoms with Gasteiger partial charge in [0.25, 0.3) is 12.1 Å². The SMILES string of the molecule is O=[N+]([O-])c1ccc(NCC(F)F)cc1. The van der Waals surface area contributed by atoms with Crippen molar-refractivity contribution in [3.63, 3.8) is 0 Å². The fourth-order valence-corrected chi connectivity index (χ4v) is 0.896. The molecule has 0 saturated heterocycles. The average molecular weight is 202 g/mol. The fraction of sp³-hybridized carbons (Fsp3) is 0.250. The third-order valence-corrected chi connectivity index (χ3v) is 1.54. The van der Waals surface area contributed by atoms with Crippen molar-refractivity contribution >= 4 is 11.4 Å². The molecular formula is C8H8F2N2O2. The van der Waals surface area contributed by atoms with Crippen LogP contribution < -0.4 is 5.32 Å². The minimum atomic E-state index is -2.44. The summed E-state index contributed by atoms with van der Waals surface area (Å²) in [4.78, 5) is 9.70. The molecule has 4 nitrogen and oxygen atoms in total. The highest BCUT2D eigenvalue weighted by atomic mass is 19.3. The largest absolute Gasteiger partial charge is 0.379 e. The number of nitro benzene ring substituents is 1. The van der Waals surface area contributed by atoms with Gasteiger partial charge >= 0.3 is 0 Å². The summed E-state index contributed by atoms with van der Waals surface area (Å²) in [5.74, 6) is 0. The second-order valence-electron chi connectivity index (χ2n) is 2.58. The van der Waals surface area contributed by atoms with Crippen LogP contribution in [-0.2, 0) is 0 Å². The van der Waals surface area contributed by atoms with Crippen LogP contribution in [0.3, 0.4) is 0 Å². The Morgan fingerprint density at radius 2 is 1.93 bits per heavy atom. The van der Waals surface area contributed by atoms with E-state index in [1.54, 1.807) is 0 Å². The van der Waals surface area contributed by atoms with E-state index in [1.165, 1.54) is 24.3 Å². The van der Waals surface area contributed by atoms with Crippen molar-refractivity contribution in [1.29, 1.82) is 0 Å². The van der Waals surface area contributed by atoms with Crippen molar-refractivity contribution in [2.45, 2.75) is 6.43 Å². The zero-order valence-electron chi connectivity index (χ0n) is 7.11. The average Bonchev–Trinajstić information content (AvgIpc) is 2.15. The van der Waals surface area contributed by atoms with Crippen LogP contribution in [0.15, 0.2) is 24.3 Å². The van der Waals surface area contributed by atoms with E-state index < -0.39 is 17.9 Å². The predicted molar refractivity (Wildman–Crippen MR) is 47.6 cm³/mol. The van der Waals surface area contributed by atoms with Gasteiger partial charge in [-0.05, 0) is 12.1 Å². The molecule has 0 bridgehead atoms. The van der Waals surface area contributed by atoms with Crippen LogP contribution in [-0.4, -0.2) is 17.9 Å². The van der Waals surface area contributed by atoms with Crippen molar-refractivity contribution in [2.75, 3.05) is 11.9 Å². The van der Waals surface area contributed by atoms with Crippen LogP contribution in [0.5, 0.6) is 0 Å². The molecule has 0 aliphatic heterocycles. The Labute approximate surface area is 78.7 Å². The minimum Gasteiger partial charge on any atom is -0.379 e. The standard InChI is InChI=1S/C8H8F2N2O2/c9-8(10)5-11-6-1-3-7(4-2-6)12(13)14/h1-4,8,11H,5H2. The van der Waals surface area contributed by atoms with E-state index >= 15 is 0 Å². The Kier molecular flexibility index (Phi) is 3.33. The van der Waals surface area contributed by atoms with Crippen molar-refractivity contribution in [3.05, 3.63) is 34.4 Å². The maximum Gasteiger partial charge on any atom is 0.269 e. The number of anilines is 1. The minimum absolute atomic E-state index is 0.0624. The summed E-state index contributed by atoms with van der Waals surface area (Å²) in [7, 11) is 0. The summed E-state index contributed by atoms with van der Waals surface area (Å²) in [5, 5.41) is 12.7. The molecule has 0 atom stereocenters. The molecule has 0 radical (unpaired) electrons. The van der Waals surface area contributed by atoms with Crippen LogP contribution in [0.25, 0.3) is 0 Å². The third-order valence-electron chi connectivity index (χ3n) is 1.54. The smallest absolute Gasteiger partial charge is 0.269 e. The fourth-order valence-electron chi connectivity index (χ4n) is 0.896. The molecule has 0 unspecified atom stereocenters. The highest BCUT2D eigenvalue weighted by molar-refractivity contribution is 5.48. The molecule has 0 amide bonds. The van der Waals surface area contributed by atoms with Gasteiger partial charge in [0.05, 0.1) is 11.5 Å². The highest BCUT2D eigenvalue weighted by Crippen LogP contribution is 2.15. The van der Waals surface area contributed by atoms with Gasteiger partial charge in [0.2, 0.25) is 0 Å². The number of nitrogens with one attached hydrogen (secondary N) is 1. The van der Waals surface area contributed by atoms with Gasteiger partial charge in [-0.2, -0.15) is 0 Å². The second-order valence-corrected chi connectivity index (χ2v) is 2.58. The quantitative estimate of drug-likeness (QED) is 0.601. The second kappa shape index (κ2) is 4.50. The third kappa shape index (κ3) is 2.96. The number of nitro groups is 1. The van der Waals surface area contributed by atoms with E-state index in [0.717, 1.165) is 0 Å². The molecule has 1 aromatic carbocycles. The summed E-state index contributed by atoms with van der Waals surface area (Å²) in [6.45, 7) is -0.461. The van der Waals surface area contributed by atoms with Gasteiger partial charge in [0.15, 0.2) is 0 Å². The molecular weight excluding hydrogens is 194 g/mol. The zero-order chi connectivity index (χ0) is 10.6. The van der Waals surface area contributed by atoms with Gasteiger partial charge in [0.1, 0.15) is 0 Å². The lowest BCUT2D eigenvalue weighted by Gasteiger charge is -2.04. The first-order valence-electron chi connectivity index (χ1n) is 3.86. The number of alkyl halides is 2. The Morgan fingerprint density at radius 1 is 1.36 bits per heavy atom. The number of non-ortho nitro benzene ring substituents is 1. The molecule has 1 N–H and O–H groups in total. The van der Waals surface area contributed by atoms with Gasteiger partial charge in [-0.15, -0.1) is 0 Å². The predicted octanol–water partition coefficient (Wildman–Crippen LogP) is 2.27. The van der Waals surface area contributed by atoms with Crippen LogP contribution >= 0.6 is 0 Å². The molecule has 76 valence electrons. The summed E-state index contributed by atoms with van der Waals surface area (Å²) in [6.07, 6.45) is -2.44. The highest BCUT2D eigenvalue weighted by Gasteiger charge is 2.05. The molecule has 0 spiro atoms. The van der Waals surface area contributed by atoms with Crippen LogP contribution in [0.2, 0.25) is 0 Å². The van der Waals surface area contributed by atoms with Gasteiger partial charge in [-0.1, -0.05) is 0 Å². The van der Waals surface area contributed by atoms with E-state index in [1.807, 2.05) is 0 Å². The number of rotatable bonds is 4. The molecule has 0 fully saturated rings. The number of hydrogen-bond acceptors (Lipinski definition) is 3. The molecule has 14 heavy (non-hydrogen) atoms. The lowest BCUT2D eigenvalue weighted by Crippen LogP contribution is -2.09. The molecule has 0 aliphatic rings. The lowest BCUT2D eigenvalue weighted by atomic mass is 10.3. The summed E-state index contributed by atoms with van der Waals surface area (Å²) in [6, 6.07) is 5.29. The monoisotopic (exact) mass is 202 g/mol. The van der Waals surface area contributed by atoms with Crippen molar-refractivity contribution in [1.82, 2.24) is 0 Å². The van der Waals surface area contributed by atoms with Crippen molar-refractivity contribution < 1.29 is 13.7 Å². The Morgan fingerprint density at radius 3 is 2.36 bits per heavy atom. The van der Waals surface area contributed by atoms with Crippen molar-refractivity contribution in [3.8, 4) is 0 Å². The molecule has 1 rings (SSSR count). The Balaban J connectivity index is 2.60. The lowest BCUT2D eigenvalue weighted by molar-refractivity contribution is -0.384. The summed E-state index contributed by atoms with van der Waals surface area (Å²) in [5.41, 5.74) is 0.378. The topological polar surface area (TPSA) is 55.2 Å². The van der Waals surface area contributed by atoms with Gasteiger partial charge in [-0.3, -0.25) is 10.1 Å². The first-order valence-corrected chi connectivity index (χ1v) is 3.86. The first kappa shape index (κ1) is 10.4. The maximum atomic E-state index is 11.8. The van der Waals surface area contributed by atoms with E-state index in [4.69, 9.17) is 0 Å². The number of benzene rings is 1. The maximum absolute atomic E-state index is 11.8. The van der Waals surface area contributed by atoms with Crippen LogP contribution in [0, 0.1) is 10.1 Å². The van der Waals surface area contributed by atoms with E-state index in [-0.39, 0.29) is 5.69 Å². The molecule has 0 aromatic heterocycles. The summed E-state index contributed by atoms with van der Waals surface area (Å²) < 4.78 is 23.5. The summed E-state index contributed by atoms with van der Waals surface area (Å²) >= 11 is 0. The molecule has 0 aliphatic carbocycles. The number of nitrogens with zero attached hydrogens (tertiary/aromatic N) is 1.